The van der Waals surface area contributed by atoms with Crippen LogP contribution in [-0.4, -0.2) is 29.0 Å². The van der Waals surface area contributed by atoms with Crippen molar-refractivity contribution in [3.8, 4) is 17.5 Å². The molecule has 3 aromatic rings. The summed E-state index contributed by atoms with van der Waals surface area (Å²) in [7, 11) is 0. The molecule has 2 heterocycles. The van der Waals surface area contributed by atoms with E-state index < -0.39 is 0 Å². The number of pyridine rings is 1. The minimum atomic E-state index is -0.144. The average Bonchev–Trinajstić information content (AvgIpc) is 3.06. The van der Waals surface area contributed by atoms with Crippen LogP contribution in [0.5, 0.6) is 0 Å². The highest BCUT2D eigenvalue weighted by Crippen LogP contribution is 2.21. The van der Waals surface area contributed by atoms with Gasteiger partial charge in [-0.15, -0.1) is 0 Å². The Hall–Kier alpha value is -3.66. The van der Waals surface area contributed by atoms with E-state index in [0.717, 1.165) is 5.56 Å². The Morgan fingerprint density at radius 3 is 2.78 bits per heavy atom. The lowest BCUT2D eigenvalue weighted by atomic mass is 10.2. The smallest absolute Gasteiger partial charge is 0.226 e. The summed E-state index contributed by atoms with van der Waals surface area (Å²) in [5.41, 5.74) is 1.96. The number of amides is 1. The molecule has 0 radical (unpaired) electrons. The summed E-state index contributed by atoms with van der Waals surface area (Å²) in [5.74, 6) is 1.51. The van der Waals surface area contributed by atoms with Crippen molar-refractivity contribution in [2.24, 2.45) is 0 Å². The second-order valence-electron chi connectivity index (χ2n) is 5.85. The first-order chi connectivity index (χ1) is 13.2. The molecule has 0 saturated heterocycles. The van der Waals surface area contributed by atoms with Crippen molar-refractivity contribution in [2.45, 2.75) is 13.3 Å². The molecular weight excluding hydrogens is 342 g/mol. The topological polar surface area (TPSA) is 104 Å². The third-order valence-electron chi connectivity index (χ3n) is 3.91. The van der Waals surface area contributed by atoms with Crippen molar-refractivity contribution in [1.82, 2.24) is 15.3 Å². The number of carbonyl (C=O) groups is 1. The van der Waals surface area contributed by atoms with Gasteiger partial charge in [-0.2, -0.15) is 5.26 Å². The monoisotopic (exact) mass is 361 g/mol. The van der Waals surface area contributed by atoms with Gasteiger partial charge >= 0.3 is 0 Å². The number of anilines is 1. The molecule has 136 valence electrons. The number of oxazole rings is 1. The van der Waals surface area contributed by atoms with Crippen LogP contribution in [0.3, 0.4) is 0 Å². The SMILES string of the molecule is Cc1oc(-c2ccccc2)nc1CC(=O)NCCNc1ncccc1C#N. The molecule has 1 amide bonds. The largest absolute Gasteiger partial charge is 0.441 e. The molecule has 0 fully saturated rings. The molecule has 0 atom stereocenters. The highest BCUT2D eigenvalue weighted by atomic mass is 16.4. The molecule has 2 aromatic heterocycles. The maximum atomic E-state index is 12.2. The molecule has 7 nitrogen and oxygen atoms in total. The second-order valence-corrected chi connectivity index (χ2v) is 5.85. The number of nitrogens with one attached hydrogen (secondary N) is 2. The molecular formula is C20H19N5O2. The fourth-order valence-electron chi connectivity index (χ4n) is 2.53. The van der Waals surface area contributed by atoms with Gasteiger partial charge in [-0.05, 0) is 31.2 Å². The van der Waals surface area contributed by atoms with Crippen LogP contribution in [0.2, 0.25) is 0 Å². The number of nitriles is 1. The number of carbonyl (C=O) groups excluding carboxylic acids is 1. The number of hydrogen-bond donors (Lipinski definition) is 2. The van der Waals surface area contributed by atoms with E-state index in [9.17, 15) is 4.79 Å². The molecule has 0 spiro atoms. The van der Waals surface area contributed by atoms with E-state index in [-0.39, 0.29) is 12.3 Å². The lowest BCUT2D eigenvalue weighted by Gasteiger charge is -2.08. The van der Waals surface area contributed by atoms with E-state index in [4.69, 9.17) is 9.68 Å². The second kappa shape index (κ2) is 8.63. The van der Waals surface area contributed by atoms with Crippen LogP contribution in [0.25, 0.3) is 11.5 Å². The van der Waals surface area contributed by atoms with Gasteiger partial charge in [0.25, 0.3) is 0 Å². The Balaban J connectivity index is 1.50. The van der Waals surface area contributed by atoms with Crippen LogP contribution in [0, 0.1) is 18.3 Å². The van der Waals surface area contributed by atoms with Gasteiger partial charge in [0.15, 0.2) is 0 Å². The summed E-state index contributed by atoms with van der Waals surface area (Å²) in [6, 6.07) is 15.0. The van der Waals surface area contributed by atoms with Crippen molar-refractivity contribution in [2.75, 3.05) is 18.4 Å². The number of nitrogens with zero attached hydrogens (tertiary/aromatic N) is 3. The van der Waals surface area contributed by atoms with Crippen molar-refractivity contribution < 1.29 is 9.21 Å². The zero-order chi connectivity index (χ0) is 19.1. The molecule has 0 aliphatic heterocycles. The zero-order valence-electron chi connectivity index (χ0n) is 14.9. The molecule has 27 heavy (non-hydrogen) atoms. The van der Waals surface area contributed by atoms with Crippen LogP contribution in [-0.2, 0) is 11.2 Å². The van der Waals surface area contributed by atoms with E-state index in [1.165, 1.54) is 0 Å². The summed E-state index contributed by atoms with van der Waals surface area (Å²) in [5, 5.41) is 14.9. The molecule has 7 heteroatoms. The number of hydrogen-bond acceptors (Lipinski definition) is 6. The van der Waals surface area contributed by atoms with Crippen molar-refractivity contribution in [3.05, 3.63) is 65.7 Å². The number of benzene rings is 1. The van der Waals surface area contributed by atoms with E-state index in [2.05, 4.69) is 26.7 Å². The van der Waals surface area contributed by atoms with E-state index >= 15 is 0 Å². The first-order valence-electron chi connectivity index (χ1n) is 8.55. The lowest BCUT2D eigenvalue weighted by molar-refractivity contribution is -0.120. The summed E-state index contributed by atoms with van der Waals surface area (Å²) >= 11 is 0. The van der Waals surface area contributed by atoms with Gasteiger partial charge in [-0.25, -0.2) is 9.97 Å². The maximum Gasteiger partial charge on any atom is 0.226 e. The molecule has 0 aliphatic rings. The Kier molecular flexibility index (Phi) is 5.80. The third kappa shape index (κ3) is 4.70. The highest BCUT2D eigenvalue weighted by Gasteiger charge is 2.14. The molecule has 0 aliphatic carbocycles. The Labute approximate surface area is 157 Å². The van der Waals surface area contributed by atoms with Crippen LogP contribution < -0.4 is 10.6 Å². The minimum absolute atomic E-state index is 0.144. The third-order valence-corrected chi connectivity index (χ3v) is 3.91. The predicted molar refractivity (Wildman–Crippen MR) is 101 cm³/mol. The molecule has 1 aromatic carbocycles. The highest BCUT2D eigenvalue weighted by molar-refractivity contribution is 5.78. The lowest BCUT2D eigenvalue weighted by Crippen LogP contribution is -2.30. The van der Waals surface area contributed by atoms with Gasteiger partial charge in [-0.3, -0.25) is 4.79 Å². The van der Waals surface area contributed by atoms with Crippen molar-refractivity contribution >= 4 is 11.7 Å². The van der Waals surface area contributed by atoms with E-state index in [1.54, 1.807) is 25.3 Å². The van der Waals surface area contributed by atoms with E-state index in [0.29, 0.717) is 41.8 Å². The van der Waals surface area contributed by atoms with Gasteiger partial charge in [0.1, 0.15) is 17.6 Å². The Morgan fingerprint density at radius 2 is 2.00 bits per heavy atom. The zero-order valence-corrected chi connectivity index (χ0v) is 14.9. The fraction of sp³-hybridized carbons (Fsp3) is 0.200. The van der Waals surface area contributed by atoms with Crippen LogP contribution >= 0.6 is 0 Å². The van der Waals surface area contributed by atoms with Gasteiger partial charge in [0, 0.05) is 24.8 Å². The number of aromatic nitrogens is 2. The molecule has 3 rings (SSSR count). The summed E-state index contributed by atoms with van der Waals surface area (Å²) < 4.78 is 5.67. The standard InChI is InChI=1S/C20H19N5O2/c1-14-17(25-20(27-14)15-6-3-2-4-7-15)12-18(26)22-10-11-24-19-16(13-21)8-5-9-23-19/h2-9H,10-12H2,1H3,(H,22,26)(H,23,24). The quantitative estimate of drug-likeness (QED) is 0.627. The fourth-order valence-corrected chi connectivity index (χ4v) is 2.53. The Morgan fingerprint density at radius 1 is 1.19 bits per heavy atom. The summed E-state index contributed by atoms with van der Waals surface area (Å²) in [6.45, 7) is 2.67. The summed E-state index contributed by atoms with van der Waals surface area (Å²) in [6.07, 6.45) is 1.76. The summed E-state index contributed by atoms with van der Waals surface area (Å²) in [4.78, 5) is 20.7. The maximum absolute atomic E-state index is 12.2. The van der Waals surface area contributed by atoms with Crippen LogP contribution in [0.4, 0.5) is 5.82 Å². The Bertz CT molecular complexity index is 960. The molecule has 0 saturated carbocycles. The van der Waals surface area contributed by atoms with Gasteiger partial charge in [0.2, 0.25) is 11.8 Å². The van der Waals surface area contributed by atoms with Crippen LogP contribution in [0.15, 0.2) is 53.1 Å². The van der Waals surface area contributed by atoms with Crippen LogP contribution in [0.1, 0.15) is 17.0 Å². The van der Waals surface area contributed by atoms with Gasteiger partial charge < -0.3 is 15.1 Å². The molecule has 2 N–H and O–H groups in total. The predicted octanol–water partition coefficient (Wildman–Crippen LogP) is 2.69. The molecule has 0 unspecified atom stereocenters. The van der Waals surface area contributed by atoms with E-state index in [1.807, 2.05) is 30.3 Å². The average molecular weight is 361 g/mol. The van der Waals surface area contributed by atoms with Gasteiger partial charge in [0.05, 0.1) is 17.7 Å². The van der Waals surface area contributed by atoms with Gasteiger partial charge in [-0.1, -0.05) is 18.2 Å². The minimum Gasteiger partial charge on any atom is -0.441 e. The number of rotatable bonds is 7. The van der Waals surface area contributed by atoms with Crippen molar-refractivity contribution in [3.63, 3.8) is 0 Å². The normalized spacial score (nSPS) is 10.2. The first-order valence-corrected chi connectivity index (χ1v) is 8.55. The number of aryl methyl sites for hydroxylation is 1. The first kappa shape index (κ1) is 18.1. The van der Waals surface area contributed by atoms with Crippen molar-refractivity contribution in [1.29, 1.82) is 5.26 Å². The molecule has 0 bridgehead atoms.